The van der Waals surface area contributed by atoms with Gasteiger partial charge >= 0.3 is 6.18 Å². The van der Waals surface area contributed by atoms with E-state index in [-0.39, 0.29) is 18.9 Å². The van der Waals surface area contributed by atoms with Gasteiger partial charge in [-0.2, -0.15) is 13.2 Å². The van der Waals surface area contributed by atoms with E-state index in [9.17, 15) is 13.2 Å². The lowest BCUT2D eigenvalue weighted by Crippen LogP contribution is -2.51. The van der Waals surface area contributed by atoms with E-state index in [2.05, 4.69) is 15.6 Å². The fourth-order valence-electron chi connectivity index (χ4n) is 1.44. The van der Waals surface area contributed by atoms with Gasteiger partial charge in [0.1, 0.15) is 0 Å². The molecule has 0 heterocycles. The first kappa shape index (κ1) is 11.1. The zero-order valence-corrected chi connectivity index (χ0v) is 8.15. The molecule has 0 amide bonds. The summed E-state index contributed by atoms with van der Waals surface area (Å²) in [5, 5.41) is 5.66. The number of aliphatic imine (C=N–C) groups is 1. The zero-order chi connectivity index (χ0) is 10.8. The van der Waals surface area contributed by atoms with Crippen molar-refractivity contribution in [3.63, 3.8) is 0 Å². The van der Waals surface area contributed by atoms with E-state index in [4.69, 9.17) is 0 Å². The monoisotopic (exact) mass is 209 g/mol. The molecule has 1 aliphatic rings. The maximum Gasteiger partial charge on any atom is 0.391 e. The molecule has 1 rings (SSSR count). The lowest BCUT2D eigenvalue weighted by Gasteiger charge is -2.37. The summed E-state index contributed by atoms with van der Waals surface area (Å²) in [5.74, 6) is -0.606. The summed E-state index contributed by atoms with van der Waals surface area (Å²) in [6, 6.07) is -0.104. The molecule has 0 spiro atoms. The third-order valence-electron chi connectivity index (χ3n) is 2.40. The lowest BCUT2D eigenvalue weighted by molar-refractivity contribution is -0.198. The van der Waals surface area contributed by atoms with E-state index in [1.807, 2.05) is 0 Å². The third-order valence-corrected chi connectivity index (χ3v) is 2.40. The molecule has 82 valence electrons. The summed E-state index contributed by atoms with van der Waals surface area (Å²) < 4.78 is 36.3. The topological polar surface area (TPSA) is 36.4 Å². The van der Waals surface area contributed by atoms with Crippen LogP contribution in [0.1, 0.15) is 12.8 Å². The second-order valence-corrected chi connectivity index (χ2v) is 3.37. The molecule has 6 heteroatoms. The molecular weight excluding hydrogens is 195 g/mol. The van der Waals surface area contributed by atoms with Gasteiger partial charge in [0.05, 0.1) is 5.92 Å². The highest BCUT2D eigenvalue weighted by atomic mass is 19.4. The second kappa shape index (κ2) is 4.06. The first-order chi connectivity index (χ1) is 6.47. The maximum absolute atomic E-state index is 12.1. The van der Waals surface area contributed by atoms with Gasteiger partial charge in [0.2, 0.25) is 0 Å². The van der Waals surface area contributed by atoms with Gasteiger partial charge in [0.25, 0.3) is 0 Å². The molecule has 3 nitrogen and oxygen atoms in total. The van der Waals surface area contributed by atoms with Gasteiger partial charge in [0.15, 0.2) is 5.96 Å². The van der Waals surface area contributed by atoms with Crippen LogP contribution in [0.3, 0.4) is 0 Å². The van der Waals surface area contributed by atoms with Crippen molar-refractivity contribution in [1.29, 1.82) is 0 Å². The number of hydrogen-bond donors (Lipinski definition) is 2. The molecule has 0 bridgehead atoms. The van der Waals surface area contributed by atoms with E-state index >= 15 is 0 Å². The third kappa shape index (κ3) is 2.52. The molecule has 0 atom stereocenters. The Morgan fingerprint density at radius 1 is 1.36 bits per heavy atom. The Kier molecular flexibility index (Phi) is 3.23. The van der Waals surface area contributed by atoms with Crippen molar-refractivity contribution in [2.45, 2.75) is 25.1 Å². The first-order valence-electron chi connectivity index (χ1n) is 4.45. The lowest BCUT2D eigenvalue weighted by atomic mass is 9.80. The molecule has 14 heavy (non-hydrogen) atoms. The van der Waals surface area contributed by atoms with Gasteiger partial charge < -0.3 is 10.6 Å². The molecular formula is C8H14F3N3. The van der Waals surface area contributed by atoms with Crippen LogP contribution in [0, 0.1) is 5.92 Å². The van der Waals surface area contributed by atoms with Gasteiger partial charge in [-0.05, 0) is 12.8 Å². The average molecular weight is 209 g/mol. The molecule has 1 aliphatic carbocycles. The minimum absolute atomic E-state index is 0.104. The highest BCUT2D eigenvalue weighted by molar-refractivity contribution is 5.79. The first-order valence-corrected chi connectivity index (χ1v) is 4.45. The van der Waals surface area contributed by atoms with Crippen LogP contribution in [0.2, 0.25) is 0 Å². The second-order valence-electron chi connectivity index (χ2n) is 3.37. The van der Waals surface area contributed by atoms with Crippen molar-refractivity contribution in [3.8, 4) is 0 Å². The summed E-state index contributed by atoms with van der Waals surface area (Å²) in [4.78, 5) is 3.83. The van der Waals surface area contributed by atoms with Crippen molar-refractivity contribution in [1.82, 2.24) is 10.6 Å². The SMILES string of the molecule is CN=C(NC)NC1CC(C(F)(F)F)C1. The number of nitrogens with one attached hydrogen (secondary N) is 2. The summed E-state index contributed by atoms with van der Waals surface area (Å²) in [5.41, 5.74) is 0. The predicted molar refractivity (Wildman–Crippen MR) is 48.1 cm³/mol. The summed E-state index contributed by atoms with van der Waals surface area (Å²) in [7, 11) is 3.26. The number of rotatable bonds is 1. The fraction of sp³-hybridized carbons (Fsp3) is 0.875. The van der Waals surface area contributed by atoms with E-state index < -0.39 is 12.1 Å². The fourth-order valence-corrected chi connectivity index (χ4v) is 1.44. The van der Waals surface area contributed by atoms with Gasteiger partial charge in [-0.1, -0.05) is 0 Å². The van der Waals surface area contributed by atoms with Crippen molar-refractivity contribution in [2.24, 2.45) is 10.9 Å². The van der Waals surface area contributed by atoms with E-state index in [0.29, 0.717) is 5.96 Å². The Bertz CT molecular complexity index is 218. The van der Waals surface area contributed by atoms with E-state index in [1.54, 1.807) is 14.1 Å². The number of guanidine groups is 1. The molecule has 0 unspecified atom stereocenters. The van der Waals surface area contributed by atoms with Gasteiger partial charge in [0, 0.05) is 20.1 Å². The average Bonchev–Trinajstić information content (AvgIpc) is 2.00. The minimum Gasteiger partial charge on any atom is -0.359 e. The molecule has 0 aromatic heterocycles. The van der Waals surface area contributed by atoms with Crippen molar-refractivity contribution < 1.29 is 13.2 Å². The Morgan fingerprint density at radius 3 is 2.29 bits per heavy atom. The Morgan fingerprint density at radius 2 is 1.93 bits per heavy atom. The molecule has 0 aliphatic heterocycles. The largest absolute Gasteiger partial charge is 0.391 e. The number of hydrogen-bond acceptors (Lipinski definition) is 1. The highest BCUT2D eigenvalue weighted by Crippen LogP contribution is 2.40. The number of halogens is 3. The highest BCUT2D eigenvalue weighted by Gasteiger charge is 2.47. The van der Waals surface area contributed by atoms with Crippen LogP contribution < -0.4 is 10.6 Å². The minimum atomic E-state index is -4.04. The van der Waals surface area contributed by atoms with Gasteiger partial charge in [-0.3, -0.25) is 4.99 Å². The molecule has 0 saturated heterocycles. The van der Waals surface area contributed by atoms with Crippen LogP contribution >= 0.6 is 0 Å². The van der Waals surface area contributed by atoms with E-state index in [0.717, 1.165) is 0 Å². The smallest absolute Gasteiger partial charge is 0.359 e. The van der Waals surface area contributed by atoms with E-state index in [1.165, 1.54) is 0 Å². The number of alkyl halides is 3. The summed E-state index contributed by atoms with van der Waals surface area (Å²) in [6.07, 6.45) is -3.75. The molecule has 1 fully saturated rings. The maximum atomic E-state index is 12.1. The van der Waals surface area contributed by atoms with Gasteiger partial charge in [-0.15, -0.1) is 0 Å². The molecule has 2 N–H and O–H groups in total. The van der Waals surface area contributed by atoms with Crippen LogP contribution in [0.4, 0.5) is 13.2 Å². The molecule has 0 aromatic carbocycles. The Balaban J connectivity index is 2.29. The molecule has 0 radical (unpaired) electrons. The quantitative estimate of drug-likeness (QED) is 0.501. The van der Waals surface area contributed by atoms with Crippen LogP contribution in [-0.2, 0) is 0 Å². The Hall–Kier alpha value is -0.940. The predicted octanol–water partition coefficient (Wildman–Crippen LogP) is 1.12. The Labute approximate surface area is 80.8 Å². The summed E-state index contributed by atoms with van der Waals surface area (Å²) >= 11 is 0. The van der Waals surface area contributed by atoms with Crippen LogP contribution in [0.25, 0.3) is 0 Å². The standard InChI is InChI=1S/C8H14F3N3/c1-12-7(13-2)14-6-3-5(4-6)8(9,10)11/h5-6H,3-4H2,1-2H3,(H2,12,13,14). The van der Waals surface area contributed by atoms with Crippen molar-refractivity contribution in [3.05, 3.63) is 0 Å². The van der Waals surface area contributed by atoms with Crippen molar-refractivity contribution in [2.75, 3.05) is 14.1 Å². The van der Waals surface area contributed by atoms with Gasteiger partial charge in [-0.25, -0.2) is 0 Å². The van der Waals surface area contributed by atoms with Crippen LogP contribution in [0.5, 0.6) is 0 Å². The normalized spacial score (nSPS) is 28.2. The zero-order valence-electron chi connectivity index (χ0n) is 8.15. The van der Waals surface area contributed by atoms with Crippen molar-refractivity contribution >= 4 is 5.96 Å². The van der Waals surface area contributed by atoms with Crippen LogP contribution in [0.15, 0.2) is 4.99 Å². The number of nitrogens with zero attached hydrogens (tertiary/aromatic N) is 1. The van der Waals surface area contributed by atoms with Crippen LogP contribution in [-0.4, -0.2) is 32.3 Å². The molecule has 0 aromatic rings. The summed E-state index contributed by atoms with van der Waals surface area (Å²) in [6.45, 7) is 0. The molecule has 1 saturated carbocycles.